The first-order valence-electron chi connectivity index (χ1n) is 14.6. The molecule has 0 saturated heterocycles. The zero-order chi connectivity index (χ0) is 24.4. The Kier molecular flexibility index (Phi) is 24.7. The maximum atomic E-state index is 12.0. The lowest BCUT2D eigenvalue weighted by molar-refractivity contribution is -0.147. The lowest BCUT2D eigenvalue weighted by Crippen LogP contribution is -2.39. The van der Waals surface area contributed by atoms with Crippen molar-refractivity contribution in [2.45, 2.75) is 168 Å². The molecule has 1 unspecified atom stereocenters. The van der Waals surface area contributed by atoms with Crippen molar-refractivity contribution in [3.05, 3.63) is 0 Å². The minimum Gasteiger partial charge on any atom is -0.464 e. The summed E-state index contributed by atoms with van der Waals surface area (Å²) >= 11 is 0. The molecule has 4 heteroatoms. The van der Waals surface area contributed by atoms with Crippen LogP contribution in [0.1, 0.15) is 162 Å². The highest BCUT2D eigenvalue weighted by atomic mass is 16.5. The topological polar surface area (TPSA) is 55.4 Å². The first-order valence-corrected chi connectivity index (χ1v) is 14.6. The Hall–Kier alpha value is -1.06. The number of hydrogen-bond acceptors (Lipinski definition) is 3. The van der Waals surface area contributed by atoms with Gasteiger partial charge >= 0.3 is 5.97 Å². The van der Waals surface area contributed by atoms with Crippen LogP contribution in [-0.4, -0.2) is 24.5 Å². The number of carbonyl (C=O) groups is 2. The molecule has 0 spiro atoms. The number of unbranched alkanes of at least 4 members (excludes halogenated alkanes) is 19. The fraction of sp³-hybridized carbons (Fsp3) is 0.931. The molecule has 0 aromatic heterocycles. The van der Waals surface area contributed by atoms with Crippen molar-refractivity contribution in [1.29, 1.82) is 0 Å². The van der Waals surface area contributed by atoms with E-state index in [2.05, 4.69) is 19.2 Å². The van der Waals surface area contributed by atoms with E-state index in [0.717, 1.165) is 25.7 Å². The van der Waals surface area contributed by atoms with Crippen LogP contribution in [0.15, 0.2) is 0 Å². The van der Waals surface area contributed by atoms with Gasteiger partial charge in [0.25, 0.3) is 0 Å². The van der Waals surface area contributed by atoms with Crippen LogP contribution in [-0.2, 0) is 14.3 Å². The van der Waals surface area contributed by atoms with Crippen LogP contribution in [0.5, 0.6) is 0 Å². The number of ether oxygens (including phenoxy) is 1. The summed E-state index contributed by atoms with van der Waals surface area (Å²) in [6.45, 7) is 6.64. The molecule has 0 saturated carbocycles. The Labute approximate surface area is 206 Å². The molecule has 1 atom stereocenters. The molecule has 0 aromatic carbocycles. The van der Waals surface area contributed by atoms with Crippen LogP contribution in [0.4, 0.5) is 0 Å². The highest BCUT2D eigenvalue weighted by Crippen LogP contribution is 2.13. The Bertz CT molecular complexity index is 439. The molecule has 0 heterocycles. The normalized spacial score (nSPS) is 12.0. The van der Waals surface area contributed by atoms with Crippen molar-refractivity contribution in [1.82, 2.24) is 5.32 Å². The second-order valence-corrected chi connectivity index (χ2v) is 9.92. The van der Waals surface area contributed by atoms with Gasteiger partial charge in [-0.2, -0.15) is 0 Å². The van der Waals surface area contributed by atoms with Gasteiger partial charge in [0, 0.05) is 6.42 Å². The number of carbonyl (C=O) groups excluding carboxylic acids is 2. The van der Waals surface area contributed by atoms with Crippen LogP contribution in [0, 0.1) is 0 Å². The van der Waals surface area contributed by atoms with Gasteiger partial charge in [-0.3, -0.25) is 4.79 Å². The Morgan fingerprint density at radius 1 is 0.576 bits per heavy atom. The van der Waals surface area contributed by atoms with Gasteiger partial charge in [-0.05, 0) is 19.8 Å². The van der Waals surface area contributed by atoms with E-state index in [1.54, 1.807) is 6.92 Å². The van der Waals surface area contributed by atoms with E-state index in [-0.39, 0.29) is 11.9 Å². The standard InChI is InChI=1S/C29H57NO3/c1-4-6-8-10-11-12-13-14-15-16-17-18-19-20-22-24-26-33-29(32)27(3)30-28(31)25-23-21-9-7-5-2/h27H,4-26H2,1-3H3,(H,30,31). The van der Waals surface area contributed by atoms with Crippen LogP contribution in [0.3, 0.4) is 0 Å². The van der Waals surface area contributed by atoms with E-state index < -0.39 is 6.04 Å². The van der Waals surface area contributed by atoms with E-state index in [1.165, 1.54) is 109 Å². The van der Waals surface area contributed by atoms with E-state index in [0.29, 0.717) is 13.0 Å². The van der Waals surface area contributed by atoms with E-state index >= 15 is 0 Å². The molecule has 0 aliphatic rings. The monoisotopic (exact) mass is 467 g/mol. The van der Waals surface area contributed by atoms with Crippen molar-refractivity contribution in [3.63, 3.8) is 0 Å². The first kappa shape index (κ1) is 31.9. The second-order valence-electron chi connectivity index (χ2n) is 9.92. The first-order chi connectivity index (χ1) is 16.1. The average molecular weight is 468 g/mol. The largest absolute Gasteiger partial charge is 0.464 e. The van der Waals surface area contributed by atoms with Crippen LogP contribution in [0.2, 0.25) is 0 Å². The predicted octanol–water partition coefficient (Wildman–Crippen LogP) is 8.66. The minimum atomic E-state index is -0.547. The fourth-order valence-electron chi connectivity index (χ4n) is 4.21. The molecule has 0 rings (SSSR count). The molecule has 1 N–H and O–H groups in total. The summed E-state index contributed by atoms with van der Waals surface area (Å²) < 4.78 is 5.33. The molecular weight excluding hydrogens is 410 g/mol. The highest BCUT2D eigenvalue weighted by Gasteiger charge is 2.16. The van der Waals surface area contributed by atoms with Crippen LogP contribution in [0.25, 0.3) is 0 Å². The Balaban J connectivity index is 3.36. The minimum absolute atomic E-state index is 0.0432. The lowest BCUT2D eigenvalue weighted by atomic mass is 10.0. The average Bonchev–Trinajstić information content (AvgIpc) is 2.80. The molecular formula is C29H57NO3. The van der Waals surface area contributed by atoms with Gasteiger partial charge in [-0.25, -0.2) is 4.79 Å². The summed E-state index contributed by atoms with van der Waals surface area (Å²) in [6, 6.07) is -0.547. The van der Waals surface area contributed by atoms with Crippen molar-refractivity contribution in [3.8, 4) is 0 Å². The van der Waals surface area contributed by atoms with Crippen molar-refractivity contribution < 1.29 is 14.3 Å². The third-order valence-electron chi connectivity index (χ3n) is 6.48. The maximum Gasteiger partial charge on any atom is 0.328 e. The summed E-state index contributed by atoms with van der Waals surface area (Å²) in [6.07, 6.45) is 27.4. The molecule has 0 aliphatic carbocycles. The molecule has 4 nitrogen and oxygen atoms in total. The third-order valence-corrected chi connectivity index (χ3v) is 6.48. The molecule has 196 valence electrons. The molecule has 0 bridgehead atoms. The van der Waals surface area contributed by atoms with Gasteiger partial charge in [0.2, 0.25) is 5.91 Å². The third kappa shape index (κ3) is 23.9. The zero-order valence-corrected chi connectivity index (χ0v) is 22.6. The highest BCUT2D eigenvalue weighted by molar-refractivity contribution is 5.84. The van der Waals surface area contributed by atoms with E-state index in [4.69, 9.17) is 4.74 Å². The summed E-state index contributed by atoms with van der Waals surface area (Å²) in [7, 11) is 0. The van der Waals surface area contributed by atoms with Gasteiger partial charge in [0.05, 0.1) is 6.61 Å². The quantitative estimate of drug-likeness (QED) is 0.108. The zero-order valence-electron chi connectivity index (χ0n) is 22.6. The SMILES string of the molecule is CCCCCCCCCCCCCCCCCCOC(=O)C(C)NC(=O)CCCCCCC. The van der Waals surface area contributed by atoms with Gasteiger partial charge in [-0.15, -0.1) is 0 Å². The van der Waals surface area contributed by atoms with Crippen molar-refractivity contribution in [2.24, 2.45) is 0 Å². The molecule has 33 heavy (non-hydrogen) atoms. The smallest absolute Gasteiger partial charge is 0.328 e. The molecule has 0 aromatic rings. The number of amides is 1. The predicted molar refractivity (Wildman–Crippen MR) is 141 cm³/mol. The Morgan fingerprint density at radius 2 is 0.939 bits per heavy atom. The summed E-state index contributed by atoms with van der Waals surface area (Å²) in [5, 5.41) is 2.76. The van der Waals surface area contributed by atoms with Crippen molar-refractivity contribution >= 4 is 11.9 Å². The number of hydrogen-bond donors (Lipinski definition) is 1. The summed E-state index contributed by atoms with van der Waals surface area (Å²) in [4.78, 5) is 23.9. The lowest BCUT2D eigenvalue weighted by Gasteiger charge is -2.13. The molecule has 0 aliphatic heterocycles. The number of nitrogens with one attached hydrogen (secondary N) is 1. The molecule has 1 amide bonds. The van der Waals surface area contributed by atoms with Gasteiger partial charge in [0.1, 0.15) is 6.04 Å². The van der Waals surface area contributed by atoms with Crippen LogP contribution < -0.4 is 5.32 Å². The Morgan fingerprint density at radius 3 is 1.36 bits per heavy atom. The van der Waals surface area contributed by atoms with Gasteiger partial charge in [-0.1, -0.05) is 136 Å². The van der Waals surface area contributed by atoms with E-state index in [1.807, 2.05) is 0 Å². The van der Waals surface area contributed by atoms with Gasteiger partial charge in [0.15, 0.2) is 0 Å². The fourth-order valence-corrected chi connectivity index (χ4v) is 4.21. The second kappa shape index (κ2) is 25.6. The summed E-state index contributed by atoms with van der Waals surface area (Å²) in [5.74, 6) is -0.353. The number of esters is 1. The van der Waals surface area contributed by atoms with E-state index in [9.17, 15) is 9.59 Å². The van der Waals surface area contributed by atoms with Crippen LogP contribution >= 0.6 is 0 Å². The molecule has 0 radical (unpaired) electrons. The maximum absolute atomic E-state index is 12.0. The molecule has 0 fully saturated rings. The summed E-state index contributed by atoms with van der Waals surface area (Å²) in [5.41, 5.74) is 0. The number of rotatable bonds is 25. The van der Waals surface area contributed by atoms with Gasteiger partial charge < -0.3 is 10.1 Å². The van der Waals surface area contributed by atoms with Crippen molar-refractivity contribution in [2.75, 3.05) is 6.61 Å².